The van der Waals surface area contributed by atoms with Crippen molar-refractivity contribution in [3.8, 4) is 5.75 Å². The fourth-order valence-corrected chi connectivity index (χ4v) is 3.22. The smallest absolute Gasteiger partial charge is 0.397 e. The summed E-state index contributed by atoms with van der Waals surface area (Å²) in [5.74, 6) is 0.195. The summed E-state index contributed by atoms with van der Waals surface area (Å²) >= 11 is 6.02. The highest BCUT2D eigenvalue weighted by Gasteiger charge is 2.31. The second-order valence-electron chi connectivity index (χ2n) is 6.67. The van der Waals surface area contributed by atoms with Gasteiger partial charge in [-0.2, -0.15) is 8.78 Å². The number of nitrogens with one attached hydrogen (secondary N) is 1. The van der Waals surface area contributed by atoms with Gasteiger partial charge < -0.3 is 15.0 Å². The largest absolute Gasteiger partial charge is 0.433 e. The monoisotopic (exact) mass is 374 g/mol. The Hall–Kier alpha value is -1.40. The van der Waals surface area contributed by atoms with Crippen molar-refractivity contribution in [2.75, 3.05) is 27.2 Å². The Morgan fingerprint density at radius 3 is 2.64 bits per heavy atom. The Morgan fingerprint density at radius 1 is 1.36 bits per heavy atom. The maximum absolute atomic E-state index is 14.0. The highest BCUT2D eigenvalue weighted by atomic mass is 35.5. The van der Waals surface area contributed by atoms with Crippen LogP contribution in [0.25, 0.3) is 0 Å². The van der Waals surface area contributed by atoms with Crippen molar-refractivity contribution < 1.29 is 18.3 Å². The molecule has 1 amide bonds. The molecule has 140 valence electrons. The van der Waals surface area contributed by atoms with Gasteiger partial charge in [0.25, 0.3) is 5.91 Å². The van der Waals surface area contributed by atoms with E-state index in [1.807, 2.05) is 0 Å². The van der Waals surface area contributed by atoms with Gasteiger partial charge in [-0.1, -0.05) is 11.6 Å². The van der Waals surface area contributed by atoms with E-state index in [4.69, 9.17) is 16.3 Å². The van der Waals surface area contributed by atoms with Gasteiger partial charge in [-0.15, -0.1) is 0 Å². The van der Waals surface area contributed by atoms with Crippen LogP contribution in [-0.4, -0.2) is 44.1 Å². The van der Waals surface area contributed by atoms with E-state index >= 15 is 0 Å². The molecule has 25 heavy (non-hydrogen) atoms. The summed E-state index contributed by atoms with van der Waals surface area (Å²) in [6, 6.07) is 4.02. The zero-order chi connectivity index (χ0) is 18.4. The quantitative estimate of drug-likeness (QED) is 0.778. The van der Waals surface area contributed by atoms with Crippen molar-refractivity contribution >= 4 is 17.5 Å². The fourth-order valence-electron chi connectivity index (χ4n) is 2.96. The minimum Gasteiger partial charge on any atom is -0.433 e. The van der Waals surface area contributed by atoms with E-state index in [1.54, 1.807) is 14.1 Å². The Bertz CT molecular complexity index is 590. The molecule has 1 aromatic carbocycles. The van der Waals surface area contributed by atoms with Crippen LogP contribution in [0.5, 0.6) is 5.75 Å². The summed E-state index contributed by atoms with van der Waals surface area (Å²) in [5.41, 5.74) is 0.258. The van der Waals surface area contributed by atoms with Crippen molar-refractivity contribution in [1.82, 2.24) is 10.2 Å². The third kappa shape index (κ3) is 6.12. The lowest BCUT2D eigenvalue weighted by atomic mass is 9.92. The number of amides is 1. The van der Waals surface area contributed by atoms with Crippen molar-refractivity contribution in [2.24, 2.45) is 5.92 Å². The summed E-state index contributed by atoms with van der Waals surface area (Å²) < 4.78 is 32.9. The first-order valence-corrected chi connectivity index (χ1v) is 8.95. The highest BCUT2D eigenvalue weighted by Crippen LogP contribution is 2.31. The average molecular weight is 375 g/mol. The molecule has 7 heteroatoms. The van der Waals surface area contributed by atoms with Gasteiger partial charge in [0, 0.05) is 14.1 Å². The van der Waals surface area contributed by atoms with Crippen LogP contribution in [0.2, 0.25) is 5.02 Å². The molecule has 2 rings (SSSR count). The van der Waals surface area contributed by atoms with E-state index < -0.39 is 6.11 Å². The zero-order valence-electron chi connectivity index (χ0n) is 14.7. The van der Waals surface area contributed by atoms with E-state index in [-0.39, 0.29) is 28.7 Å². The second-order valence-corrected chi connectivity index (χ2v) is 7.07. The predicted octanol–water partition coefficient (Wildman–Crippen LogP) is 4.18. The van der Waals surface area contributed by atoms with Crippen LogP contribution in [0.3, 0.4) is 0 Å². The summed E-state index contributed by atoms with van der Waals surface area (Å²) in [4.78, 5) is 13.3. The molecule has 0 atom stereocenters. The molecule has 0 radical (unpaired) electrons. The lowest BCUT2D eigenvalue weighted by Gasteiger charge is -2.24. The van der Waals surface area contributed by atoms with Crippen LogP contribution in [0.4, 0.5) is 8.78 Å². The Morgan fingerprint density at radius 2 is 2.04 bits per heavy atom. The predicted molar refractivity (Wildman–Crippen MR) is 94.5 cm³/mol. The first kappa shape index (κ1) is 19.9. The molecule has 1 aliphatic heterocycles. The lowest BCUT2D eigenvalue weighted by molar-refractivity contribution is -0.181. The molecule has 1 saturated heterocycles. The molecular formula is C18H25ClF2N2O2. The van der Waals surface area contributed by atoms with Gasteiger partial charge in [0.05, 0.1) is 17.0 Å². The first-order chi connectivity index (χ1) is 11.8. The number of halogens is 3. The molecule has 1 N–H and O–H groups in total. The van der Waals surface area contributed by atoms with Gasteiger partial charge in [0.15, 0.2) is 0 Å². The standard InChI is InChI=1S/C18H25ClF2N2O2/c1-23(2)17(24)15-6-5-14(12-16(15)19)25-18(20,21)9-3-4-13-7-10-22-11-8-13/h5-6,12-13,22H,3-4,7-11H2,1-2H3. The SMILES string of the molecule is CN(C)C(=O)c1ccc(OC(F)(F)CCCC2CCNCC2)cc1Cl. The van der Waals surface area contributed by atoms with Gasteiger partial charge in [0.2, 0.25) is 0 Å². The van der Waals surface area contributed by atoms with Crippen molar-refractivity contribution in [2.45, 2.75) is 38.2 Å². The zero-order valence-corrected chi connectivity index (χ0v) is 15.4. The molecule has 0 bridgehead atoms. The van der Waals surface area contributed by atoms with Gasteiger partial charge >= 0.3 is 6.11 Å². The number of carbonyl (C=O) groups is 1. The summed E-state index contributed by atoms with van der Waals surface area (Å²) in [6.07, 6.45) is -0.274. The number of nitrogens with zero attached hydrogens (tertiary/aromatic N) is 1. The van der Waals surface area contributed by atoms with E-state index in [0.717, 1.165) is 32.4 Å². The minimum atomic E-state index is -3.25. The van der Waals surface area contributed by atoms with Gasteiger partial charge in [-0.25, -0.2) is 0 Å². The normalized spacial score (nSPS) is 15.9. The van der Waals surface area contributed by atoms with Crippen molar-refractivity contribution in [1.29, 1.82) is 0 Å². The molecule has 1 heterocycles. The maximum atomic E-state index is 14.0. The molecule has 1 aliphatic rings. The fraction of sp³-hybridized carbons (Fsp3) is 0.611. The van der Waals surface area contributed by atoms with Crippen LogP contribution in [0.15, 0.2) is 18.2 Å². The highest BCUT2D eigenvalue weighted by molar-refractivity contribution is 6.34. The average Bonchev–Trinajstić information content (AvgIpc) is 2.54. The lowest BCUT2D eigenvalue weighted by Crippen LogP contribution is -2.28. The van der Waals surface area contributed by atoms with Gasteiger partial charge in [-0.05, 0) is 62.9 Å². The number of benzene rings is 1. The van der Waals surface area contributed by atoms with Crippen LogP contribution in [0, 0.1) is 5.92 Å². The van der Waals surface area contributed by atoms with Crippen molar-refractivity contribution in [3.63, 3.8) is 0 Å². The molecule has 0 aromatic heterocycles. The Balaban J connectivity index is 1.88. The number of rotatable bonds is 7. The van der Waals surface area contributed by atoms with Crippen LogP contribution >= 0.6 is 11.6 Å². The van der Waals surface area contributed by atoms with E-state index in [2.05, 4.69) is 5.32 Å². The molecule has 0 saturated carbocycles. The molecule has 0 aliphatic carbocycles. The molecule has 1 fully saturated rings. The topological polar surface area (TPSA) is 41.6 Å². The number of ether oxygens (including phenoxy) is 1. The van der Waals surface area contributed by atoms with E-state index in [0.29, 0.717) is 12.3 Å². The van der Waals surface area contributed by atoms with Gasteiger partial charge in [-0.3, -0.25) is 4.79 Å². The molecule has 1 aromatic rings. The van der Waals surface area contributed by atoms with Crippen molar-refractivity contribution in [3.05, 3.63) is 28.8 Å². The number of carbonyl (C=O) groups excluding carboxylic acids is 1. The van der Waals surface area contributed by atoms with E-state index in [9.17, 15) is 13.6 Å². The summed E-state index contributed by atoms with van der Waals surface area (Å²) in [7, 11) is 3.19. The second kappa shape index (κ2) is 8.81. The number of hydrogen-bond donors (Lipinski definition) is 1. The first-order valence-electron chi connectivity index (χ1n) is 8.57. The Kier molecular flexibility index (Phi) is 7.02. The number of piperidine rings is 1. The summed E-state index contributed by atoms with van der Waals surface area (Å²) in [5, 5.41) is 3.37. The van der Waals surface area contributed by atoms with Gasteiger partial charge in [0.1, 0.15) is 5.75 Å². The molecular weight excluding hydrogens is 350 g/mol. The Labute approximate surface area is 152 Å². The van der Waals surface area contributed by atoms with Crippen LogP contribution < -0.4 is 10.1 Å². The third-order valence-corrected chi connectivity index (χ3v) is 4.70. The van der Waals surface area contributed by atoms with Crippen LogP contribution in [-0.2, 0) is 0 Å². The number of hydrogen-bond acceptors (Lipinski definition) is 3. The van der Waals surface area contributed by atoms with E-state index in [1.165, 1.54) is 23.1 Å². The molecule has 0 spiro atoms. The third-order valence-electron chi connectivity index (χ3n) is 4.38. The maximum Gasteiger partial charge on any atom is 0.397 e. The molecule has 4 nitrogen and oxygen atoms in total. The minimum absolute atomic E-state index is 0.0350. The molecule has 0 unspecified atom stereocenters. The summed E-state index contributed by atoms with van der Waals surface area (Å²) in [6.45, 7) is 1.93. The van der Waals surface area contributed by atoms with Crippen LogP contribution in [0.1, 0.15) is 42.5 Å². The number of alkyl halides is 2.